The minimum Gasteiger partial charge on any atom is -0.492 e. The number of Topliss-reactive ketones (excluding diaryl/α,β-unsaturated/α-hetero) is 1. The van der Waals surface area contributed by atoms with E-state index in [1.165, 1.54) is 0 Å². The lowest BCUT2D eigenvalue weighted by Crippen LogP contribution is -2.25. The zero-order valence-corrected chi connectivity index (χ0v) is 23.3. The van der Waals surface area contributed by atoms with E-state index in [-0.39, 0.29) is 5.69 Å². The van der Waals surface area contributed by atoms with Gasteiger partial charge in [-0.3, -0.25) is 9.59 Å². The number of amides is 1. The van der Waals surface area contributed by atoms with Crippen LogP contribution < -0.4 is 15.0 Å². The Morgan fingerprint density at radius 2 is 1.73 bits per heavy atom. The van der Waals surface area contributed by atoms with E-state index in [1.54, 1.807) is 40.9 Å². The number of pyridine rings is 2. The summed E-state index contributed by atoms with van der Waals surface area (Å²) in [6, 6.07) is 26.0. The van der Waals surface area contributed by atoms with Gasteiger partial charge >= 0.3 is 0 Å². The molecule has 0 aliphatic heterocycles. The zero-order valence-electron chi connectivity index (χ0n) is 22.5. The number of aromatic nitrogens is 2. The van der Waals surface area contributed by atoms with Gasteiger partial charge in [-0.2, -0.15) is 0 Å². The predicted molar refractivity (Wildman–Crippen MR) is 160 cm³/mol. The number of nitrogens with zero attached hydrogens (tertiary/aromatic N) is 3. The van der Waals surface area contributed by atoms with E-state index in [1.807, 2.05) is 73.5 Å². The van der Waals surface area contributed by atoms with E-state index in [4.69, 9.17) is 16.3 Å². The molecule has 0 fully saturated rings. The second-order valence-corrected chi connectivity index (χ2v) is 10.1. The average molecular weight is 553 g/mol. The predicted octanol–water partition coefficient (Wildman–Crippen LogP) is 6.61. The van der Waals surface area contributed by atoms with Gasteiger partial charge in [-0.1, -0.05) is 41.9 Å². The van der Waals surface area contributed by atoms with Crippen molar-refractivity contribution in [3.05, 3.63) is 113 Å². The fourth-order valence-electron chi connectivity index (χ4n) is 4.57. The molecule has 0 radical (unpaired) electrons. The van der Waals surface area contributed by atoms with Crippen molar-refractivity contribution in [1.29, 1.82) is 0 Å². The van der Waals surface area contributed by atoms with E-state index < -0.39 is 11.7 Å². The number of ketones is 1. The number of benzene rings is 2. The third-order valence-electron chi connectivity index (χ3n) is 6.52. The minimum absolute atomic E-state index is 0.253. The Bertz CT molecular complexity index is 1660. The first-order chi connectivity index (χ1) is 19.3. The number of likely N-dealkylation sites (N-methyl/N-ethyl adjacent to an activating group) is 1. The van der Waals surface area contributed by atoms with Crippen molar-refractivity contribution in [3.8, 4) is 16.9 Å². The van der Waals surface area contributed by atoms with Gasteiger partial charge in [0.1, 0.15) is 23.9 Å². The van der Waals surface area contributed by atoms with Crippen LogP contribution >= 0.6 is 11.6 Å². The van der Waals surface area contributed by atoms with Gasteiger partial charge in [0.15, 0.2) is 0 Å². The highest BCUT2D eigenvalue weighted by molar-refractivity contribution is 6.47. The zero-order chi connectivity index (χ0) is 28.2. The number of ether oxygens (including phenoxy) is 1. The molecule has 3 aromatic heterocycles. The maximum absolute atomic E-state index is 13.5. The van der Waals surface area contributed by atoms with Gasteiger partial charge in [0, 0.05) is 35.7 Å². The van der Waals surface area contributed by atoms with E-state index in [2.05, 4.69) is 17.2 Å². The molecule has 202 valence electrons. The second kappa shape index (κ2) is 11.6. The molecule has 0 aliphatic rings. The topological polar surface area (TPSA) is 75.9 Å². The molecule has 7 nitrogen and oxygen atoms in total. The summed E-state index contributed by atoms with van der Waals surface area (Å²) in [4.78, 5) is 33.2. The third kappa shape index (κ3) is 6.00. The molecule has 1 N–H and O–H groups in total. The van der Waals surface area contributed by atoms with E-state index in [9.17, 15) is 9.59 Å². The van der Waals surface area contributed by atoms with Crippen molar-refractivity contribution in [2.75, 3.05) is 30.4 Å². The van der Waals surface area contributed by atoms with Gasteiger partial charge in [0.25, 0.3) is 11.7 Å². The lowest BCUT2D eigenvalue weighted by molar-refractivity contribution is -0.112. The number of halogens is 1. The number of rotatable bonds is 9. The van der Waals surface area contributed by atoms with Crippen LogP contribution in [0.25, 0.3) is 16.6 Å². The molecule has 0 saturated carbocycles. The van der Waals surface area contributed by atoms with Crippen LogP contribution in [0.1, 0.15) is 21.7 Å². The molecule has 5 aromatic rings. The number of anilines is 2. The van der Waals surface area contributed by atoms with Crippen molar-refractivity contribution in [1.82, 2.24) is 9.38 Å². The molecule has 3 heterocycles. The molecule has 0 unspecified atom stereocenters. The van der Waals surface area contributed by atoms with Crippen LogP contribution in [-0.2, 0) is 4.79 Å². The minimum atomic E-state index is -0.742. The van der Waals surface area contributed by atoms with Gasteiger partial charge in [0.05, 0.1) is 11.6 Å². The lowest BCUT2D eigenvalue weighted by Gasteiger charge is -2.19. The Labute approximate surface area is 238 Å². The first-order valence-corrected chi connectivity index (χ1v) is 13.3. The highest BCUT2D eigenvalue weighted by Crippen LogP contribution is 2.30. The van der Waals surface area contributed by atoms with Crippen molar-refractivity contribution < 1.29 is 14.3 Å². The molecule has 2 aromatic carbocycles. The van der Waals surface area contributed by atoms with Gasteiger partial charge in [0.2, 0.25) is 0 Å². The summed E-state index contributed by atoms with van der Waals surface area (Å²) in [7, 11) is 1.98. The maximum atomic E-state index is 13.5. The van der Waals surface area contributed by atoms with Gasteiger partial charge < -0.3 is 19.4 Å². The highest BCUT2D eigenvalue weighted by Gasteiger charge is 2.25. The number of hydrogen-bond donors (Lipinski definition) is 1. The summed E-state index contributed by atoms with van der Waals surface area (Å²) in [5, 5.41) is 3.18. The molecule has 0 atom stereocenters. The Hall–Kier alpha value is -4.62. The second-order valence-electron chi connectivity index (χ2n) is 9.64. The van der Waals surface area contributed by atoms with Crippen molar-refractivity contribution in [3.63, 3.8) is 0 Å². The molecule has 0 saturated heterocycles. The highest BCUT2D eigenvalue weighted by atomic mass is 35.5. The van der Waals surface area contributed by atoms with Crippen LogP contribution in [0.3, 0.4) is 0 Å². The summed E-state index contributed by atoms with van der Waals surface area (Å²) in [6.45, 7) is 5.14. The van der Waals surface area contributed by atoms with Gasteiger partial charge in [-0.15, -0.1) is 0 Å². The van der Waals surface area contributed by atoms with Crippen LogP contribution in [0.15, 0.2) is 91.1 Å². The van der Waals surface area contributed by atoms with Crippen LogP contribution in [0.4, 0.5) is 11.5 Å². The Balaban J connectivity index is 1.25. The molecule has 8 heteroatoms. The number of nitrogens with one attached hydrogen (secondary N) is 1. The number of carbonyl (C=O) groups is 2. The number of hydrogen-bond acceptors (Lipinski definition) is 5. The average Bonchev–Trinajstić information content (AvgIpc) is 3.32. The Morgan fingerprint density at radius 1 is 0.975 bits per heavy atom. The van der Waals surface area contributed by atoms with Crippen LogP contribution in [0.2, 0.25) is 5.02 Å². The van der Waals surface area contributed by atoms with Gasteiger partial charge in [-0.25, -0.2) is 4.98 Å². The largest absolute Gasteiger partial charge is 0.492 e. The molecular weight excluding hydrogens is 524 g/mol. The monoisotopic (exact) mass is 552 g/mol. The SMILES string of the molecule is Cc1cc(C)nc(N(C)CCOc2ccc(NC(=O)C(=O)c3c(-c4ccccc4)cc4ccc(Cl)cn34)cc2)c1. The molecule has 0 bridgehead atoms. The Kier molecular flexibility index (Phi) is 7.84. The van der Waals surface area contributed by atoms with E-state index in [0.29, 0.717) is 35.2 Å². The summed E-state index contributed by atoms with van der Waals surface area (Å²) < 4.78 is 7.54. The van der Waals surface area contributed by atoms with Crippen LogP contribution in [0, 0.1) is 13.8 Å². The lowest BCUT2D eigenvalue weighted by atomic mass is 10.0. The van der Waals surface area contributed by atoms with Crippen molar-refractivity contribution in [2.24, 2.45) is 0 Å². The number of carbonyl (C=O) groups excluding carboxylic acids is 2. The standard InChI is InChI=1S/C32H29ClN4O3/c1-21-17-22(2)34-29(18-21)36(3)15-16-40-27-13-10-25(11-14-27)35-32(39)31(38)30-28(23-7-5-4-6-8-23)19-26-12-9-24(33)20-37(26)30/h4-14,17-20H,15-16H2,1-3H3,(H,35,39). The first-order valence-electron chi connectivity index (χ1n) is 12.9. The van der Waals surface area contributed by atoms with Crippen LogP contribution in [0.5, 0.6) is 5.75 Å². The molecule has 0 aliphatic carbocycles. The van der Waals surface area contributed by atoms with Crippen LogP contribution in [-0.4, -0.2) is 41.3 Å². The number of aryl methyl sites for hydroxylation is 2. The van der Waals surface area contributed by atoms with E-state index in [0.717, 1.165) is 28.2 Å². The fourth-order valence-corrected chi connectivity index (χ4v) is 4.73. The number of fused-ring (bicyclic) bond motifs is 1. The van der Waals surface area contributed by atoms with Crippen molar-refractivity contribution >= 4 is 40.3 Å². The first kappa shape index (κ1) is 27.0. The molecule has 1 amide bonds. The van der Waals surface area contributed by atoms with Gasteiger partial charge in [-0.05, 0) is 79.6 Å². The normalized spacial score (nSPS) is 10.9. The summed E-state index contributed by atoms with van der Waals surface area (Å²) in [5.41, 5.74) is 5.14. The smallest absolute Gasteiger partial charge is 0.298 e. The molecule has 40 heavy (non-hydrogen) atoms. The fraction of sp³-hybridized carbons (Fsp3) is 0.156. The summed E-state index contributed by atoms with van der Waals surface area (Å²) >= 11 is 6.22. The quantitative estimate of drug-likeness (QED) is 0.164. The third-order valence-corrected chi connectivity index (χ3v) is 6.74. The molecular formula is C32H29ClN4O3. The summed E-state index contributed by atoms with van der Waals surface area (Å²) in [6.07, 6.45) is 1.64. The summed E-state index contributed by atoms with van der Waals surface area (Å²) in [5.74, 6) is 0.153. The Morgan fingerprint density at radius 3 is 2.45 bits per heavy atom. The van der Waals surface area contributed by atoms with E-state index >= 15 is 0 Å². The van der Waals surface area contributed by atoms with Crippen molar-refractivity contribution in [2.45, 2.75) is 13.8 Å². The molecule has 0 spiro atoms. The maximum Gasteiger partial charge on any atom is 0.298 e. The molecule has 5 rings (SSSR count).